The average Bonchev–Trinajstić information content (AvgIpc) is 3.43. The quantitative estimate of drug-likeness (QED) is 0.319. The van der Waals surface area contributed by atoms with Gasteiger partial charge in [-0.2, -0.15) is 0 Å². The number of hydrogen-bond acceptors (Lipinski definition) is 5. The molecular formula is C26H21Cl2N5OS. The van der Waals surface area contributed by atoms with Crippen molar-refractivity contribution < 1.29 is 0 Å². The minimum atomic E-state index is -0.0749. The van der Waals surface area contributed by atoms with E-state index >= 15 is 0 Å². The summed E-state index contributed by atoms with van der Waals surface area (Å²) in [6, 6.07) is 15.8. The lowest BCUT2D eigenvalue weighted by atomic mass is 10.1. The maximum atomic E-state index is 13.0. The maximum Gasteiger partial charge on any atom is 0.255 e. The first-order valence-corrected chi connectivity index (χ1v) is 12.9. The molecule has 0 bridgehead atoms. The molecule has 6 nitrogen and oxygen atoms in total. The zero-order valence-corrected chi connectivity index (χ0v) is 21.0. The van der Waals surface area contributed by atoms with Gasteiger partial charge >= 0.3 is 0 Å². The number of aromatic nitrogens is 4. The summed E-state index contributed by atoms with van der Waals surface area (Å²) in [6.07, 6.45) is 4.78. The average molecular weight is 522 g/mol. The van der Waals surface area contributed by atoms with Gasteiger partial charge < -0.3 is 9.55 Å². The van der Waals surface area contributed by atoms with Crippen LogP contribution < -0.4 is 5.56 Å². The smallest absolute Gasteiger partial charge is 0.255 e. The number of nitrogens with zero attached hydrogens (tertiary/aromatic N) is 4. The zero-order chi connectivity index (χ0) is 23.9. The Morgan fingerprint density at radius 3 is 2.69 bits per heavy atom. The topological polar surface area (TPSA) is 66.8 Å². The van der Waals surface area contributed by atoms with Gasteiger partial charge in [-0.1, -0.05) is 41.4 Å². The van der Waals surface area contributed by atoms with Gasteiger partial charge in [-0.25, -0.2) is 9.97 Å². The summed E-state index contributed by atoms with van der Waals surface area (Å²) in [5.74, 6) is 0.588. The molecule has 3 aromatic heterocycles. The van der Waals surface area contributed by atoms with Gasteiger partial charge in [0.05, 0.1) is 17.8 Å². The predicted molar refractivity (Wildman–Crippen MR) is 141 cm³/mol. The molecule has 9 heteroatoms. The van der Waals surface area contributed by atoms with Crippen LogP contribution in [0, 0.1) is 0 Å². The monoisotopic (exact) mass is 521 g/mol. The molecule has 1 aliphatic heterocycles. The summed E-state index contributed by atoms with van der Waals surface area (Å²) in [6.45, 7) is 2.90. The fourth-order valence-electron chi connectivity index (χ4n) is 4.71. The summed E-state index contributed by atoms with van der Waals surface area (Å²) in [7, 11) is 0. The highest BCUT2D eigenvalue weighted by Gasteiger charge is 2.23. The van der Waals surface area contributed by atoms with Crippen LogP contribution >= 0.6 is 34.5 Å². The lowest BCUT2D eigenvalue weighted by molar-refractivity contribution is 0.242. The van der Waals surface area contributed by atoms with Crippen molar-refractivity contribution in [3.63, 3.8) is 0 Å². The molecule has 0 amide bonds. The van der Waals surface area contributed by atoms with Gasteiger partial charge in [0, 0.05) is 64.8 Å². The molecular weight excluding hydrogens is 501 g/mol. The third kappa shape index (κ3) is 4.52. The molecule has 0 unspecified atom stereocenters. The number of H-pyrrole nitrogens is 1. The summed E-state index contributed by atoms with van der Waals surface area (Å²) >= 11 is 13.5. The van der Waals surface area contributed by atoms with E-state index in [0.29, 0.717) is 21.9 Å². The molecule has 1 aliphatic rings. The Bertz CT molecular complexity index is 1590. The number of hydrogen-bond donors (Lipinski definition) is 1. The fourth-order valence-corrected chi connectivity index (χ4v) is 5.81. The normalized spacial score (nSPS) is 13.9. The number of fused-ring (bicyclic) bond motifs is 2. The van der Waals surface area contributed by atoms with Crippen molar-refractivity contribution in [3.05, 3.63) is 102 Å². The second-order valence-electron chi connectivity index (χ2n) is 8.69. The van der Waals surface area contributed by atoms with Gasteiger partial charge in [0.2, 0.25) is 0 Å². The van der Waals surface area contributed by atoms with E-state index in [1.54, 1.807) is 12.1 Å². The molecule has 6 rings (SSSR count). The van der Waals surface area contributed by atoms with Gasteiger partial charge in [-0.05, 0) is 35.9 Å². The van der Waals surface area contributed by atoms with Gasteiger partial charge in [0.25, 0.3) is 5.56 Å². The van der Waals surface area contributed by atoms with E-state index in [9.17, 15) is 4.79 Å². The molecule has 4 heterocycles. The van der Waals surface area contributed by atoms with E-state index < -0.39 is 0 Å². The summed E-state index contributed by atoms with van der Waals surface area (Å²) in [5.41, 5.74) is 4.82. The van der Waals surface area contributed by atoms with Crippen LogP contribution in [-0.2, 0) is 26.1 Å². The first-order valence-electron chi connectivity index (χ1n) is 11.3. The molecule has 0 saturated carbocycles. The number of thiazole rings is 1. The first-order chi connectivity index (χ1) is 17.0. The van der Waals surface area contributed by atoms with Gasteiger partial charge in [-0.15, -0.1) is 11.3 Å². The van der Waals surface area contributed by atoms with Gasteiger partial charge in [0.15, 0.2) is 4.47 Å². The molecule has 0 aliphatic carbocycles. The molecule has 0 spiro atoms. The van der Waals surface area contributed by atoms with Crippen LogP contribution in [0.1, 0.15) is 21.7 Å². The van der Waals surface area contributed by atoms with Crippen LogP contribution in [0.15, 0.2) is 65.7 Å². The number of para-hydroxylation sites is 1. The SMILES string of the molecule is O=c1[nH]c(-c2ccc(Cl)cc2)nc2c1CN(Cc1cn(Cc3cnc(Cl)s3)c3ccccc13)CC2. The molecule has 5 aromatic rings. The lowest BCUT2D eigenvalue weighted by Crippen LogP contribution is -2.35. The number of aromatic amines is 1. The molecule has 1 N–H and O–H groups in total. The van der Waals surface area contributed by atoms with E-state index in [1.807, 2.05) is 18.3 Å². The Labute approximate surface area is 215 Å². The van der Waals surface area contributed by atoms with Crippen LogP contribution in [0.4, 0.5) is 0 Å². The second-order valence-corrected chi connectivity index (χ2v) is 10.8. The highest BCUT2D eigenvalue weighted by Crippen LogP contribution is 2.27. The van der Waals surface area contributed by atoms with Crippen molar-refractivity contribution in [3.8, 4) is 11.4 Å². The number of benzene rings is 2. The van der Waals surface area contributed by atoms with Gasteiger partial charge in [-0.3, -0.25) is 9.69 Å². The molecule has 35 heavy (non-hydrogen) atoms. The first kappa shape index (κ1) is 22.5. The molecule has 0 fully saturated rings. The Balaban J connectivity index is 1.26. The fraction of sp³-hybridized carbons (Fsp3) is 0.192. The van der Waals surface area contributed by atoms with E-state index in [4.69, 9.17) is 28.2 Å². The highest BCUT2D eigenvalue weighted by atomic mass is 35.5. The van der Waals surface area contributed by atoms with Crippen molar-refractivity contribution in [1.82, 2.24) is 24.4 Å². The number of rotatable bonds is 5. The van der Waals surface area contributed by atoms with E-state index in [2.05, 4.69) is 49.9 Å². The minimum Gasteiger partial charge on any atom is -0.342 e. The van der Waals surface area contributed by atoms with Crippen molar-refractivity contribution in [1.29, 1.82) is 0 Å². The summed E-state index contributed by atoms with van der Waals surface area (Å²) in [5, 5.41) is 1.88. The minimum absolute atomic E-state index is 0.0749. The zero-order valence-electron chi connectivity index (χ0n) is 18.7. The Hall–Kier alpha value is -2.97. The van der Waals surface area contributed by atoms with E-state index in [0.717, 1.165) is 47.8 Å². The van der Waals surface area contributed by atoms with E-state index in [1.165, 1.54) is 27.8 Å². The van der Waals surface area contributed by atoms with Crippen LogP contribution in [0.2, 0.25) is 9.49 Å². The standard InChI is InChI=1S/C26H21Cl2N5OS/c27-18-7-5-16(6-8-18)24-30-22-9-10-32(15-21(22)25(34)31-24)12-17-13-33(14-19-11-29-26(28)35-19)23-4-2-1-3-20(17)23/h1-8,11,13H,9-10,12,14-15H2,(H,30,31,34). The lowest BCUT2D eigenvalue weighted by Gasteiger charge is -2.27. The molecule has 176 valence electrons. The summed E-state index contributed by atoms with van der Waals surface area (Å²) in [4.78, 5) is 28.3. The van der Waals surface area contributed by atoms with E-state index in [-0.39, 0.29) is 5.56 Å². The summed E-state index contributed by atoms with van der Waals surface area (Å²) < 4.78 is 2.81. The predicted octanol–water partition coefficient (Wildman–Crippen LogP) is 5.76. The van der Waals surface area contributed by atoms with Crippen molar-refractivity contribution in [2.75, 3.05) is 6.54 Å². The maximum absolute atomic E-state index is 13.0. The van der Waals surface area contributed by atoms with Crippen LogP contribution in [-0.4, -0.2) is 31.0 Å². The van der Waals surface area contributed by atoms with Gasteiger partial charge in [0.1, 0.15) is 5.82 Å². The molecule has 0 atom stereocenters. The van der Waals surface area contributed by atoms with Crippen LogP contribution in [0.25, 0.3) is 22.3 Å². The Kier molecular flexibility index (Phi) is 5.94. The molecule has 0 radical (unpaired) electrons. The molecule has 2 aromatic carbocycles. The number of halogens is 2. The third-order valence-electron chi connectivity index (χ3n) is 6.38. The Morgan fingerprint density at radius 2 is 1.89 bits per heavy atom. The third-order valence-corrected chi connectivity index (χ3v) is 7.73. The van der Waals surface area contributed by atoms with Crippen molar-refractivity contribution in [2.24, 2.45) is 0 Å². The Morgan fingerprint density at radius 1 is 1.06 bits per heavy atom. The van der Waals surface area contributed by atoms with Crippen molar-refractivity contribution in [2.45, 2.75) is 26.1 Å². The number of nitrogens with one attached hydrogen (secondary N) is 1. The van der Waals surface area contributed by atoms with Crippen LogP contribution in [0.5, 0.6) is 0 Å². The van der Waals surface area contributed by atoms with Crippen LogP contribution in [0.3, 0.4) is 0 Å². The van der Waals surface area contributed by atoms with Crippen molar-refractivity contribution >= 4 is 45.4 Å². The molecule has 0 saturated heterocycles. The largest absolute Gasteiger partial charge is 0.342 e. The second kappa shape index (κ2) is 9.24. The highest BCUT2D eigenvalue weighted by molar-refractivity contribution is 7.15.